The van der Waals surface area contributed by atoms with Gasteiger partial charge in [0.1, 0.15) is 5.78 Å². The second kappa shape index (κ2) is 14.5. The Morgan fingerprint density at radius 1 is 0.913 bits per heavy atom. The highest BCUT2D eigenvalue weighted by Gasteiger charge is 2.51. The van der Waals surface area contributed by atoms with Crippen molar-refractivity contribution in [2.75, 3.05) is 25.6 Å². The van der Waals surface area contributed by atoms with Gasteiger partial charge in [0.2, 0.25) is 0 Å². The van der Waals surface area contributed by atoms with Crippen LogP contribution in [0.25, 0.3) is 0 Å². The maximum Gasteiger partial charge on any atom is 0.511 e. The van der Waals surface area contributed by atoms with E-state index in [1.165, 1.54) is 19.3 Å². The van der Waals surface area contributed by atoms with Gasteiger partial charge >= 0.3 is 8.80 Å². The van der Waals surface area contributed by atoms with E-state index in [0.717, 1.165) is 12.8 Å². The van der Waals surface area contributed by atoms with Crippen molar-refractivity contribution >= 4 is 27.2 Å². The summed E-state index contributed by atoms with van der Waals surface area (Å²) < 4.78 is 17.8. The topological polar surface area (TPSA) is 44.8 Å². The number of ketones is 1. The summed E-state index contributed by atoms with van der Waals surface area (Å²) in [6, 6.07) is 0. The molecule has 4 nitrogen and oxygen atoms in total. The van der Waals surface area contributed by atoms with Crippen molar-refractivity contribution in [2.24, 2.45) is 0 Å². The van der Waals surface area contributed by atoms with Crippen LogP contribution in [0.4, 0.5) is 0 Å². The minimum Gasteiger partial charge on any atom is -0.373 e. The van der Waals surface area contributed by atoms with Gasteiger partial charge in [-0.2, -0.15) is 12.6 Å². The van der Waals surface area contributed by atoms with E-state index >= 15 is 0 Å². The standard InChI is InChI=1S/C17H36O4SSi/c1-5-9-10-11-12-13-16(18)17(14-15-22)23(19-6-2,20-7-3)21-8-4/h17,22H,5-15H2,1-4H3. The Morgan fingerprint density at radius 3 is 1.87 bits per heavy atom. The van der Waals surface area contributed by atoms with Gasteiger partial charge in [-0.25, -0.2) is 0 Å². The molecular weight excluding hydrogens is 328 g/mol. The lowest BCUT2D eigenvalue weighted by Gasteiger charge is -2.34. The van der Waals surface area contributed by atoms with Crippen LogP contribution in [-0.2, 0) is 18.1 Å². The number of carbonyl (C=O) groups is 1. The molecule has 23 heavy (non-hydrogen) atoms. The maximum absolute atomic E-state index is 12.8. The molecular formula is C17H36O4SSi. The molecule has 0 radical (unpaired) electrons. The molecule has 0 aliphatic rings. The van der Waals surface area contributed by atoms with Gasteiger partial charge in [0.05, 0.1) is 5.54 Å². The van der Waals surface area contributed by atoms with E-state index in [0.29, 0.717) is 38.4 Å². The first kappa shape index (κ1) is 23.1. The van der Waals surface area contributed by atoms with Gasteiger partial charge in [0.15, 0.2) is 0 Å². The fourth-order valence-electron chi connectivity index (χ4n) is 2.77. The number of hydrogen-bond acceptors (Lipinski definition) is 5. The number of unbranched alkanes of at least 4 members (excludes halogenated alkanes) is 4. The second-order valence-corrected chi connectivity index (χ2v) is 8.82. The number of Topliss-reactive ketones (excluding diaryl/α,β-unsaturated/α-hetero) is 1. The summed E-state index contributed by atoms with van der Waals surface area (Å²) in [5.41, 5.74) is -0.286. The summed E-state index contributed by atoms with van der Waals surface area (Å²) in [5, 5.41) is 0. The van der Waals surface area contributed by atoms with Crippen molar-refractivity contribution in [3.05, 3.63) is 0 Å². The van der Waals surface area contributed by atoms with E-state index < -0.39 is 8.80 Å². The van der Waals surface area contributed by atoms with Gasteiger partial charge in [0, 0.05) is 26.2 Å². The first-order valence-electron chi connectivity index (χ1n) is 9.17. The Morgan fingerprint density at radius 2 is 1.43 bits per heavy atom. The van der Waals surface area contributed by atoms with Gasteiger partial charge < -0.3 is 13.3 Å². The third-order valence-electron chi connectivity index (χ3n) is 3.80. The summed E-state index contributed by atoms with van der Waals surface area (Å²) in [4.78, 5) is 12.8. The monoisotopic (exact) mass is 364 g/mol. The molecule has 6 heteroatoms. The maximum atomic E-state index is 12.8. The average Bonchev–Trinajstić information content (AvgIpc) is 2.52. The van der Waals surface area contributed by atoms with E-state index in [1.54, 1.807) is 0 Å². The van der Waals surface area contributed by atoms with Gasteiger partial charge in [-0.3, -0.25) is 4.79 Å². The normalized spacial score (nSPS) is 13.3. The first-order valence-corrected chi connectivity index (χ1v) is 11.6. The van der Waals surface area contributed by atoms with Crippen molar-refractivity contribution in [3.63, 3.8) is 0 Å². The van der Waals surface area contributed by atoms with Crippen molar-refractivity contribution in [2.45, 2.75) is 78.2 Å². The summed E-state index contributed by atoms with van der Waals surface area (Å²) in [5.74, 6) is 0.853. The largest absolute Gasteiger partial charge is 0.511 e. The van der Waals surface area contributed by atoms with Crippen LogP contribution in [0.3, 0.4) is 0 Å². The smallest absolute Gasteiger partial charge is 0.373 e. The predicted octanol–water partition coefficient (Wildman–Crippen LogP) is 4.65. The van der Waals surface area contributed by atoms with Crippen LogP contribution in [-0.4, -0.2) is 40.2 Å². The SMILES string of the molecule is CCCCCCCC(=O)C(CCS)[Si](OCC)(OCC)OCC. The van der Waals surface area contributed by atoms with Crippen molar-refractivity contribution in [1.29, 1.82) is 0 Å². The van der Waals surface area contributed by atoms with Gasteiger partial charge in [-0.15, -0.1) is 0 Å². The van der Waals surface area contributed by atoms with Crippen molar-refractivity contribution in [1.82, 2.24) is 0 Å². The summed E-state index contributed by atoms with van der Waals surface area (Å²) in [7, 11) is -2.98. The highest BCUT2D eigenvalue weighted by molar-refractivity contribution is 7.80. The molecule has 0 N–H and O–H groups in total. The van der Waals surface area contributed by atoms with E-state index in [-0.39, 0.29) is 11.3 Å². The second-order valence-electron chi connectivity index (χ2n) is 5.60. The number of thiol groups is 1. The fourth-order valence-corrected chi connectivity index (χ4v) is 6.37. The van der Waals surface area contributed by atoms with Crippen LogP contribution in [0, 0.1) is 0 Å². The minimum absolute atomic E-state index is 0.220. The van der Waals surface area contributed by atoms with Crippen LogP contribution in [0.15, 0.2) is 0 Å². The molecule has 0 bridgehead atoms. The summed E-state index contributed by atoms with van der Waals surface area (Å²) in [6.45, 7) is 9.46. The van der Waals surface area contributed by atoms with Gasteiger partial charge in [-0.1, -0.05) is 32.6 Å². The lowest BCUT2D eigenvalue weighted by Crippen LogP contribution is -2.53. The zero-order valence-corrected chi connectivity index (χ0v) is 17.3. The van der Waals surface area contributed by atoms with Crippen LogP contribution in [0.5, 0.6) is 0 Å². The van der Waals surface area contributed by atoms with Gasteiger partial charge in [-0.05, 0) is 39.4 Å². The van der Waals surface area contributed by atoms with Crippen LogP contribution < -0.4 is 0 Å². The van der Waals surface area contributed by atoms with Crippen molar-refractivity contribution < 1.29 is 18.1 Å². The molecule has 0 rings (SSSR count). The van der Waals surface area contributed by atoms with E-state index in [1.807, 2.05) is 20.8 Å². The summed E-state index contributed by atoms with van der Waals surface area (Å²) >= 11 is 4.33. The highest BCUT2D eigenvalue weighted by atomic mass is 32.1. The molecule has 0 spiro atoms. The highest BCUT2D eigenvalue weighted by Crippen LogP contribution is 2.32. The van der Waals surface area contributed by atoms with Crippen LogP contribution in [0.2, 0.25) is 5.54 Å². The molecule has 0 aromatic rings. The molecule has 0 heterocycles. The molecule has 0 aromatic carbocycles. The Kier molecular flexibility index (Phi) is 14.5. The third-order valence-corrected chi connectivity index (χ3v) is 7.59. The minimum atomic E-state index is -2.98. The molecule has 138 valence electrons. The Hall–Kier alpha value is 0.117. The predicted molar refractivity (Wildman–Crippen MR) is 101 cm³/mol. The van der Waals surface area contributed by atoms with E-state index in [2.05, 4.69) is 19.6 Å². The molecule has 0 aromatic heterocycles. The molecule has 1 atom stereocenters. The number of rotatable bonds is 16. The van der Waals surface area contributed by atoms with Crippen LogP contribution >= 0.6 is 12.6 Å². The molecule has 0 fully saturated rings. The average molecular weight is 365 g/mol. The molecule has 0 aliphatic heterocycles. The summed E-state index contributed by atoms with van der Waals surface area (Å²) in [6.07, 6.45) is 6.95. The molecule has 0 amide bonds. The van der Waals surface area contributed by atoms with E-state index in [9.17, 15) is 4.79 Å². The van der Waals surface area contributed by atoms with E-state index in [4.69, 9.17) is 13.3 Å². The molecule has 1 unspecified atom stereocenters. The lowest BCUT2D eigenvalue weighted by molar-refractivity contribution is -0.120. The Labute approximate surface area is 149 Å². The quantitative estimate of drug-likeness (QED) is 0.246. The lowest BCUT2D eigenvalue weighted by atomic mass is 10.1. The zero-order chi connectivity index (χ0) is 17.6. The molecule has 0 saturated carbocycles. The van der Waals surface area contributed by atoms with Gasteiger partial charge in [0.25, 0.3) is 0 Å². The molecule has 0 saturated heterocycles. The first-order chi connectivity index (χ1) is 11.1. The number of carbonyl (C=O) groups excluding carboxylic acids is 1. The molecule has 0 aliphatic carbocycles. The fraction of sp³-hybridized carbons (Fsp3) is 0.941. The number of hydrogen-bond donors (Lipinski definition) is 1. The Bertz CT molecular complexity index is 285. The zero-order valence-electron chi connectivity index (χ0n) is 15.4. The Balaban J connectivity index is 4.92. The third kappa shape index (κ3) is 8.68. The van der Waals surface area contributed by atoms with Crippen LogP contribution in [0.1, 0.15) is 72.6 Å². The van der Waals surface area contributed by atoms with Crippen molar-refractivity contribution in [3.8, 4) is 0 Å².